The van der Waals surface area contributed by atoms with Crippen molar-refractivity contribution in [2.24, 2.45) is 0 Å². The molecule has 0 aliphatic rings. The topological polar surface area (TPSA) is 21.3 Å². The van der Waals surface area contributed by atoms with Gasteiger partial charge in [-0.3, -0.25) is 0 Å². The Morgan fingerprint density at radius 1 is 1.19 bits per heavy atom. The Labute approximate surface area is 129 Å². The van der Waals surface area contributed by atoms with Crippen molar-refractivity contribution in [1.29, 1.82) is 0 Å². The van der Waals surface area contributed by atoms with E-state index in [0.717, 1.165) is 23.2 Å². The second-order valence-electron chi connectivity index (χ2n) is 4.95. The molecule has 1 N–H and O–H groups in total. The summed E-state index contributed by atoms with van der Waals surface area (Å²) < 4.78 is 18.9. The summed E-state index contributed by atoms with van der Waals surface area (Å²) in [7, 11) is 1.58. The summed E-state index contributed by atoms with van der Waals surface area (Å²) in [4.78, 5) is 0. The molecule has 0 spiro atoms. The van der Waals surface area contributed by atoms with Crippen molar-refractivity contribution in [2.45, 2.75) is 19.9 Å². The summed E-state index contributed by atoms with van der Waals surface area (Å²) in [5.74, 6) is 0.388. The number of nitrogens with one attached hydrogen (secondary N) is 1. The van der Waals surface area contributed by atoms with Crippen molar-refractivity contribution in [1.82, 2.24) is 5.32 Å². The van der Waals surface area contributed by atoms with E-state index in [1.165, 1.54) is 6.07 Å². The highest BCUT2D eigenvalue weighted by Gasteiger charge is 2.16. The van der Waals surface area contributed by atoms with E-state index in [-0.39, 0.29) is 11.9 Å². The van der Waals surface area contributed by atoms with Crippen LogP contribution in [0.15, 0.2) is 36.4 Å². The van der Waals surface area contributed by atoms with Gasteiger partial charge >= 0.3 is 0 Å². The first-order valence-corrected chi connectivity index (χ1v) is 7.27. The Hall–Kier alpha value is -1.58. The molecule has 1 unspecified atom stereocenters. The molecule has 0 aromatic heterocycles. The third-order valence-corrected chi connectivity index (χ3v) is 3.63. The van der Waals surface area contributed by atoms with Crippen LogP contribution in [-0.4, -0.2) is 13.7 Å². The standard InChI is InChI=1S/C17H19ClFNO/c1-4-20-17(13-7-11(2)8-14(19)9-13)12-5-6-15(18)16(10-12)21-3/h5-10,17,20H,4H2,1-3H3. The smallest absolute Gasteiger partial charge is 0.137 e. The molecule has 0 saturated heterocycles. The van der Waals surface area contributed by atoms with Gasteiger partial charge in [0.15, 0.2) is 0 Å². The van der Waals surface area contributed by atoms with E-state index in [1.807, 2.05) is 32.0 Å². The fraction of sp³-hybridized carbons (Fsp3) is 0.294. The molecule has 4 heteroatoms. The van der Waals surface area contributed by atoms with Gasteiger partial charge in [0.2, 0.25) is 0 Å². The fourth-order valence-corrected chi connectivity index (χ4v) is 2.61. The molecule has 112 valence electrons. The van der Waals surface area contributed by atoms with Crippen LogP contribution in [0.4, 0.5) is 4.39 Å². The van der Waals surface area contributed by atoms with E-state index < -0.39 is 0 Å². The second-order valence-corrected chi connectivity index (χ2v) is 5.35. The molecule has 1 atom stereocenters. The third kappa shape index (κ3) is 3.74. The minimum atomic E-state index is -0.228. The van der Waals surface area contributed by atoms with Crippen LogP contribution in [0.25, 0.3) is 0 Å². The molecule has 0 radical (unpaired) electrons. The van der Waals surface area contributed by atoms with Gasteiger partial charge in [-0.25, -0.2) is 4.39 Å². The first-order valence-electron chi connectivity index (χ1n) is 6.89. The average Bonchev–Trinajstić information content (AvgIpc) is 2.44. The molecule has 0 heterocycles. The lowest BCUT2D eigenvalue weighted by molar-refractivity contribution is 0.414. The zero-order valence-corrected chi connectivity index (χ0v) is 13.2. The number of methoxy groups -OCH3 is 1. The molecule has 0 aliphatic carbocycles. The van der Waals surface area contributed by atoms with E-state index in [9.17, 15) is 4.39 Å². The summed E-state index contributed by atoms with van der Waals surface area (Å²) >= 11 is 6.07. The first-order chi connectivity index (χ1) is 10.0. The van der Waals surface area contributed by atoms with Crippen molar-refractivity contribution in [3.8, 4) is 5.75 Å². The number of benzene rings is 2. The molecule has 0 aliphatic heterocycles. The van der Waals surface area contributed by atoms with E-state index in [4.69, 9.17) is 16.3 Å². The molecule has 2 aromatic carbocycles. The van der Waals surface area contributed by atoms with Gasteiger partial charge < -0.3 is 10.1 Å². The minimum Gasteiger partial charge on any atom is -0.495 e. The van der Waals surface area contributed by atoms with Gasteiger partial charge in [-0.2, -0.15) is 0 Å². The van der Waals surface area contributed by atoms with Crippen LogP contribution < -0.4 is 10.1 Å². The lowest BCUT2D eigenvalue weighted by Crippen LogP contribution is -2.22. The Morgan fingerprint density at radius 3 is 2.57 bits per heavy atom. The fourth-order valence-electron chi connectivity index (χ4n) is 2.42. The van der Waals surface area contributed by atoms with E-state index in [0.29, 0.717) is 10.8 Å². The predicted octanol–water partition coefficient (Wildman–Crippen LogP) is 4.50. The molecule has 0 saturated carbocycles. The third-order valence-electron chi connectivity index (χ3n) is 3.31. The Morgan fingerprint density at radius 2 is 1.95 bits per heavy atom. The van der Waals surface area contributed by atoms with Crippen LogP contribution in [0.5, 0.6) is 5.75 Å². The lowest BCUT2D eigenvalue weighted by Gasteiger charge is -2.20. The highest BCUT2D eigenvalue weighted by Crippen LogP contribution is 2.31. The van der Waals surface area contributed by atoms with Gasteiger partial charge in [-0.15, -0.1) is 0 Å². The largest absolute Gasteiger partial charge is 0.495 e. The zero-order valence-electron chi connectivity index (χ0n) is 12.4. The van der Waals surface area contributed by atoms with Crippen molar-refractivity contribution in [3.05, 3.63) is 63.9 Å². The normalized spacial score (nSPS) is 12.2. The van der Waals surface area contributed by atoms with E-state index in [1.54, 1.807) is 19.2 Å². The summed E-state index contributed by atoms with van der Waals surface area (Å²) in [6, 6.07) is 10.6. The van der Waals surface area contributed by atoms with Crippen LogP contribution in [0.1, 0.15) is 29.7 Å². The van der Waals surface area contributed by atoms with Crippen LogP contribution in [-0.2, 0) is 0 Å². The van der Waals surface area contributed by atoms with Gasteiger partial charge in [0.25, 0.3) is 0 Å². The second kappa shape index (κ2) is 6.92. The summed E-state index contributed by atoms with van der Waals surface area (Å²) in [6.45, 7) is 4.68. The number of hydrogen-bond donors (Lipinski definition) is 1. The molecular weight excluding hydrogens is 289 g/mol. The highest BCUT2D eigenvalue weighted by atomic mass is 35.5. The number of hydrogen-bond acceptors (Lipinski definition) is 2. The highest BCUT2D eigenvalue weighted by molar-refractivity contribution is 6.32. The van der Waals surface area contributed by atoms with Gasteiger partial charge in [0.1, 0.15) is 11.6 Å². The molecule has 2 aromatic rings. The van der Waals surface area contributed by atoms with Crippen molar-refractivity contribution in [2.75, 3.05) is 13.7 Å². The van der Waals surface area contributed by atoms with Crippen molar-refractivity contribution in [3.63, 3.8) is 0 Å². The maximum atomic E-state index is 13.7. The molecular formula is C17H19ClFNO. The molecule has 0 bridgehead atoms. The SMILES string of the molecule is CCNC(c1cc(C)cc(F)c1)c1ccc(Cl)c(OC)c1. The molecule has 2 nitrogen and oxygen atoms in total. The monoisotopic (exact) mass is 307 g/mol. The van der Waals surface area contributed by atoms with Crippen LogP contribution in [0.2, 0.25) is 5.02 Å². The Kier molecular flexibility index (Phi) is 5.21. The number of ether oxygens (including phenoxy) is 1. The Bertz CT molecular complexity index is 610. The van der Waals surface area contributed by atoms with Crippen LogP contribution in [0.3, 0.4) is 0 Å². The maximum absolute atomic E-state index is 13.7. The summed E-state index contributed by atoms with van der Waals surface area (Å²) in [6.07, 6.45) is 0. The molecule has 21 heavy (non-hydrogen) atoms. The first kappa shape index (κ1) is 15.8. The van der Waals surface area contributed by atoms with E-state index >= 15 is 0 Å². The van der Waals surface area contributed by atoms with Crippen molar-refractivity contribution >= 4 is 11.6 Å². The van der Waals surface area contributed by atoms with Gasteiger partial charge in [0, 0.05) is 0 Å². The lowest BCUT2D eigenvalue weighted by atomic mass is 9.97. The van der Waals surface area contributed by atoms with Crippen LogP contribution >= 0.6 is 11.6 Å². The van der Waals surface area contributed by atoms with Gasteiger partial charge in [-0.1, -0.05) is 30.7 Å². The summed E-state index contributed by atoms with van der Waals surface area (Å²) in [5, 5.41) is 3.94. The minimum absolute atomic E-state index is 0.101. The zero-order chi connectivity index (χ0) is 15.4. The van der Waals surface area contributed by atoms with Crippen molar-refractivity contribution < 1.29 is 9.13 Å². The molecule has 2 rings (SSSR count). The predicted molar refractivity (Wildman–Crippen MR) is 84.7 cm³/mol. The quantitative estimate of drug-likeness (QED) is 0.878. The average molecular weight is 308 g/mol. The summed E-state index contributed by atoms with van der Waals surface area (Å²) in [5.41, 5.74) is 2.77. The number of halogens is 2. The maximum Gasteiger partial charge on any atom is 0.137 e. The van der Waals surface area contributed by atoms with Gasteiger partial charge in [-0.05, 0) is 54.4 Å². The Balaban J connectivity index is 2.47. The van der Waals surface area contributed by atoms with Gasteiger partial charge in [0.05, 0.1) is 18.2 Å². The molecule has 0 amide bonds. The number of rotatable bonds is 5. The van der Waals surface area contributed by atoms with E-state index in [2.05, 4.69) is 5.32 Å². The number of aryl methyl sites for hydroxylation is 1. The van der Waals surface area contributed by atoms with Crippen LogP contribution in [0, 0.1) is 12.7 Å². The molecule has 0 fully saturated rings.